The van der Waals surface area contributed by atoms with E-state index in [2.05, 4.69) is 339 Å². The van der Waals surface area contributed by atoms with Crippen molar-refractivity contribution in [3.05, 3.63) is 352 Å². The molecule has 0 unspecified atom stereocenters. The number of halogens is 6. The second kappa shape index (κ2) is 46.6. The van der Waals surface area contributed by atoms with E-state index in [4.69, 9.17) is 0 Å². The van der Waals surface area contributed by atoms with Crippen molar-refractivity contribution in [2.45, 2.75) is 310 Å². The summed E-state index contributed by atoms with van der Waals surface area (Å²) < 4.78 is 77.1. The van der Waals surface area contributed by atoms with Crippen LogP contribution in [-0.4, -0.2) is 12.4 Å². The van der Waals surface area contributed by atoms with Gasteiger partial charge in [0.05, 0.1) is 10.8 Å². The topological polar surface area (TPSA) is 0 Å². The van der Waals surface area contributed by atoms with Crippen LogP contribution in [0.2, 0.25) is 0 Å². The molecule has 0 bridgehead atoms. The van der Waals surface area contributed by atoms with Gasteiger partial charge < -0.3 is 0 Å². The minimum atomic E-state index is -4.19. The number of alkyl halides is 6. The van der Waals surface area contributed by atoms with Gasteiger partial charge in [-0.15, -0.1) is 0 Å². The monoisotopic (exact) mass is 1660 g/mol. The highest BCUT2D eigenvalue weighted by Gasteiger charge is 2.48. The molecule has 0 N–H and O–H groups in total. The lowest BCUT2D eigenvalue weighted by Crippen LogP contribution is -2.34. The van der Waals surface area contributed by atoms with Crippen molar-refractivity contribution in [3.8, 4) is 33.4 Å². The van der Waals surface area contributed by atoms with Gasteiger partial charge in [-0.3, -0.25) is 0 Å². The highest BCUT2D eigenvalue weighted by Crippen LogP contribution is 2.43. The van der Waals surface area contributed by atoms with Gasteiger partial charge in [0.15, 0.2) is 0 Å². The lowest BCUT2D eigenvalue weighted by atomic mass is 9.83. The molecule has 11 aromatic rings. The standard InChI is InChI=1S/C18H19F3.C18H22.C16H26.C14H19F3.C14H22.C13H12.C13H20.C10H14/c1-13-4-8-15(9-5-13)16-10-6-14(7-11-16)12-17(2,3)18(19,20)21;1-14-5-9-16(10-6-14)17-11-7-15(8-12-17)13-18(2,3)4;1-10(2)14-8-15(11(3)4)13(7)16(9-14)12(5)6;1-9-6-12(7-10(2)11(9)3)8-13(4,5)14(15,16)17;1-10-7-13(9-14(4,5)6)8-11(2)12(10)3;1-11-7-9-13(10-8-11)12-5-3-2-4-6-12;1-9(2)12-7-6-8-13(10(3)4)11(12)5;1-7-5-8(2)10(4)9(3)6-7/h4-11H,12H2,1-3H3;5-12H,13H2,1-4H3;8-12H,1-7H3;6-7H,8H2,1-5H3;7-8H,9H2,1-6H3;2-10H,1H3;6-10H,1-5H3;5-6H,1-4H3. The minimum Gasteiger partial charge on any atom is -0.171 e. The van der Waals surface area contributed by atoms with Crippen LogP contribution in [0, 0.1) is 126 Å². The van der Waals surface area contributed by atoms with Crippen LogP contribution in [0.3, 0.4) is 0 Å². The molecule has 0 atom stereocenters. The maximum absolute atomic E-state index is 12.9. The summed E-state index contributed by atoms with van der Waals surface area (Å²) in [4.78, 5) is 0. The van der Waals surface area contributed by atoms with Crippen molar-refractivity contribution >= 4 is 0 Å². The second-order valence-electron chi connectivity index (χ2n) is 39.8. The fourth-order valence-corrected chi connectivity index (χ4v) is 14.9. The molecular formula is C116H154F6. The van der Waals surface area contributed by atoms with Gasteiger partial charge in [0.25, 0.3) is 0 Å². The van der Waals surface area contributed by atoms with Crippen LogP contribution >= 0.6 is 0 Å². The number of rotatable bonds is 14. The van der Waals surface area contributed by atoms with Crippen molar-refractivity contribution in [2.24, 2.45) is 21.7 Å². The summed E-state index contributed by atoms with van der Waals surface area (Å²) >= 11 is 0. The first-order chi connectivity index (χ1) is 56.3. The Labute approximate surface area is 738 Å². The van der Waals surface area contributed by atoms with Gasteiger partial charge in [-0.05, 0) is 315 Å². The predicted octanol–water partition coefficient (Wildman–Crippen LogP) is 36.2. The van der Waals surface area contributed by atoms with E-state index in [1.54, 1.807) is 12.1 Å². The zero-order chi connectivity index (χ0) is 92.5. The molecule has 0 saturated heterocycles. The van der Waals surface area contributed by atoms with E-state index in [9.17, 15) is 26.3 Å². The molecule has 11 aromatic carbocycles. The van der Waals surface area contributed by atoms with Crippen molar-refractivity contribution in [2.75, 3.05) is 0 Å². The molecular weight excluding hydrogens is 1510 g/mol. The molecule has 0 heterocycles. The first-order valence-corrected chi connectivity index (χ1v) is 44.3. The molecule has 0 radical (unpaired) electrons. The molecule has 0 aliphatic rings. The minimum absolute atomic E-state index is 0.00925. The zero-order valence-electron chi connectivity index (χ0n) is 81.8. The molecule has 0 aliphatic heterocycles. The summed E-state index contributed by atoms with van der Waals surface area (Å²) in [5.41, 5.74) is 36.3. The van der Waals surface area contributed by atoms with Gasteiger partial charge in [0.1, 0.15) is 0 Å². The third-order valence-corrected chi connectivity index (χ3v) is 23.3. The van der Waals surface area contributed by atoms with Gasteiger partial charge in [-0.2, -0.15) is 26.3 Å². The highest BCUT2D eigenvalue weighted by atomic mass is 19.4. The largest absolute Gasteiger partial charge is 0.394 e. The van der Waals surface area contributed by atoms with Crippen LogP contribution in [0.25, 0.3) is 33.4 Å². The molecule has 0 amide bonds. The zero-order valence-corrected chi connectivity index (χ0v) is 81.8. The average Bonchev–Trinajstić information content (AvgIpc) is 0.817. The smallest absolute Gasteiger partial charge is 0.171 e. The summed E-state index contributed by atoms with van der Waals surface area (Å²) in [6.45, 7) is 73.3. The number of aryl methyl sites for hydroxylation is 10. The van der Waals surface area contributed by atoms with Crippen LogP contribution in [0.5, 0.6) is 0 Å². The fourth-order valence-electron chi connectivity index (χ4n) is 14.9. The molecule has 0 spiro atoms. The summed E-state index contributed by atoms with van der Waals surface area (Å²) in [5, 5.41) is 0. The lowest BCUT2D eigenvalue weighted by molar-refractivity contribution is -0.211. The molecule has 6 heteroatoms. The second-order valence-corrected chi connectivity index (χ2v) is 39.8. The van der Waals surface area contributed by atoms with Crippen molar-refractivity contribution in [3.63, 3.8) is 0 Å². The Kier molecular flexibility index (Phi) is 40.3. The number of benzene rings is 11. The van der Waals surface area contributed by atoms with Crippen LogP contribution in [0.4, 0.5) is 26.3 Å². The molecule has 122 heavy (non-hydrogen) atoms. The lowest BCUT2D eigenvalue weighted by Gasteiger charge is -2.28. The van der Waals surface area contributed by atoms with Gasteiger partial charge in [-0.25, -0.2) is 0 Å². The van der Waals surface area contributed by atoms with Crippen molar-refractivity contribution in [1.82, 2.24) is 0 Å². The van der Waals surface area contributed by atoms with Gasteiger partial charge in [0, 0.05) is 0 Å². The van der Waals surface area contributed by atoms with Crippen molar-refractivity contribution in [1.29, 1.82) is 0 Å². The summed E-state index contributed by atoms with van der Waals surface area (Å²) in [6, 6.07) is 76.4. The Morgan fingerprint density at radius 3 is 0.721 bits per heavy atom. The fraction of sp³-hybridized carbons (Fsp3) is 0.431. The Hall–Kier alpha value is -9.00. The maximum atomic E-state index is 12.9. The SMILES string of the molecule is Cc1c(C(C)C)cc(C(C)C)cc1C(C)C.Cc1c(C(C)C)cccc1C(C)C.Cc1cc(C)c(C)c(C)c1.Cc1cc(CC(C)(C)C(F)(F)F)cc(C)c1C.Cc1cc(CC(C)(C)C)cc(C)c1C.Cc1ccc(-c2ccc(CC(C)(C)C(F)(F)F)cc2)cc1.Cc1ccc(-c2ccc(CC(C)(C)C)cc2)cc1.Cc1ccc(-c2ccccc2)cc1. The van der Waals surface area contributed by atoms with E-state index < -0.39 is 23.2 Å². The third-order valence-electron chi connectivity index (χ3n) is 23.3. The quantitative estimate of drug-likeness (QED) is 0.0952. The highest BCUT2D eigenvalue weighted by molar-refractivity contribution is 5.66. The summed E-state index contributed by atoms with van der Waals surface area (Å²) in [7, 11) is 0. The van der Waals surface area contributed by atoms with Gasteiger partial charge in [-0.1, -0.05) is 379 Å². The van der Waals surface area contributed by atoms with E-state index in [1.165, 1.54) is 156 Å². The Balaban J connectivity index is 0.000000295. The predicted molar refractivity (Wildman–Crippen MR) is 523 cm³/mol. The number of hydrogen-bond acceptors (Lipinski definition) is 0. The van der Waals surface area contributed by atoms with E-state index in [0.29, 0.717) is 46.0 Å². The van der Waals surface area contributed by atoms with Crippen LogP contribution in [0.15, 0.2) is 218 Å². The van der Waals surface area contributed by atoms with Gasteiger partial charge >= 0.3 is 12.4 Å². The molecule has 0 saturated carbocycles. The molecule has 11 rings (SSSR count). The summed E-state index contributed by atoms with van der Waals surface area (Å²) in [5.74, 6) is 3.14. The van der Waals surface area contributed by atoms with Gasteiger partial charge in [0.2, 0.25) is 0 Å². The van der Waals surface area contributed by atoms with Crippen LogP contribution < -0.4 is 0 Å². The van der Waals surface area contributed by atoms with E-state index >= 15 is 0 Å². The molecule has 0 fully saturated rings. The third kappa shape index (κ3) is 34.6. The summed E-state index contributed by atoms with van der Waals surface area (Å²) in [6.07, 6.45) is -6.05. The Bertz CT molecular complexity index is 4850. The molecule has 0 aliphatic carbocycles. The molecule has 0 aromatic heterocycles. The Morgan fingerprint density at radius 1 is 0.213 bits per heavy atom. The number of hydrogen-bond donors (Lipinski definition) is 0. The first kappa shape index (κ1) is 105. The average molecular weight is 1660 g/mol. The van der Waals surface area contributed by atoms with Crippen LogP contribution in [-0.2, 0) is 25.7 Å². The van der Waals surface area contributed by atoms with Crippen molar-refractivity contribution < 1.29 is 26.3 Å². The van der Waals surface area contributed by atoms with E-state index in [1.807, 2.05) is 82.3 Å². The maximum Gasteiger partial charge on any atom is 0.394 e. The van der Waals surface area contributed by atoms with E-state index in [-0.39, 0.29) is 12.8 Å². The normalized spacial score (nSPS) is 11.7. The Morgan fingerprint density at radius 2 is 0.451 bits per heavy atom. The molecule has 660 valence electrons. The van der Waals surface area contributed by atoms with Crippen LogP contribution in [0.1, 0.15) is 302 Å². The molecule has 0 nitrogen and oxygen atoms in total. The first-order valence-electron chi connectivity index (χ1n) is 44.3. The van der Waals surface area contributed by atoms with E-state index in [0.717, 1.165) is 46.2 Å².